The number of hydrogen-bond donors (Lipinski definition) is 3. The minimum Gasteiger partial charge on any atom is -0.383 e. The molecule has 0 saturated carbocycles. The highest BCUT2D eigenvalue weighted by Gasteiger charge is 2.03. The maximum Gasteiger partial charge on any atom is 0.224 e. The summed E-state index contributed by atoms with van der Waals surface area (Å²) in [6.07, 6.45) is 1.01. The third-order valence-electron chi connectivity index (χ3n) is 2.78. The molecule has 4 N–H and O–H groups in total. The molecule has 1 aromatic rings. The Hall–Kier alpha value is -1.06. The van der Waals surface area contributed by atoms with E-state index >= 15 is 0 Å². The summed E-state index contributed by atoms with van der Waals surface area (Å²) in [6, 6.07) is 7.08. The molecule has 0 radical (unpaired) electrons. The Morgan fingerprint density at radius 3 is 2.65 bits per heavy atom. The first-order chi connectivity index (χ1) is 10.5. The molecule has 130 valence electrons. The van der Waals surface area contributed by atoms with Crippen LogP contribution < -0.4 is 16.4 Å². The van der Waals surface area contributed by atoms with Crippen LogP contribution in [0.4, 0.5) is 5.69 Å². The van der Waals surface area contributed by atoms with Crippen molar-refractivity contribution in [3.8, 4) is 0 Å². The summed E-state index contributed by atoms with van der Waals surface area (Å²) in [4.78, 5) is 15.9. The van der Waals surface area contributed by atoms with Crippen LogP contribution in [0.3, 0.4) is 0 Å². The van der Waals surface area contributed by atoms with Crippen LogP contribution in [0.5, 0.6) is 0 Å². The Kier molecular flexibility index (Phi) is 11.8. The van der Waals surface area contributed by atoms with Crippen LogP contribution in [0.2, 0.25) is 5.02 Å². The van der Waals surface area contributed by atoms with Gasteiger partial charge in [0.15, 0.2) is 5.96 Å². The van der Waals surface area contributed by atoms with Gasteiger partial charge in [-0.05, 0) is 37.6 Å². The molecule has 0 aromatic heterocycles. The van der Waals surface area contributed by atoms with Gasteiger partial charge in [-0.1, -0.05) is 11.6 Å². The average molecular weight is 455 g/mol. The Labute approximate surface area is 159 Å². The first kappa shape index (κ1) is 21.9. The van der Waals surface area contributed by atoms with Gasteiger partial charge in [0.05, 0.1) is 6.61 Å². The second-order valence-corrected chi connectivity index (χ2v) is 5.36. The number of hydrogen-bond acceptors (Lipinski definition) is 3. The van der Waals surface area contributed by atoms with E-state index in [2.05, 4.69) is 15.6 Å². The molecule has 1 amide bonds. The van der Waals surface area contributed by atoms with E-state index in [1.807, 2.05) is 6.92 Å². The van der Waals surface area contributed by atoms with Gasteiger partial charge in [-0.15, -0.1) is 24.0 Å². The highest BCUT2D eigenvalue weighted by Crippen LogP contribution is 2.13. The summed E-state index contributed by atoms with van der Waals surface area (Å²) in [5.74, 6) is 0.305. The van der Waals surface area contributed by atoms with Crippen LogP contribution in [0.15, 0.2) is 29.3 Å². The fourth-order valence-electron chi connectivity index (χ4n) is 1.79. The standard InChI is InChI=1S/C15H23ClN4O2.HI/c1-11(10-22-2)19-15(17)18-9-3-4-14(21)20-13-7-5-12(16)6-8-13;/h5-8,11H,3-4,9-10H2,1-2H3,(H,20,21)(H3,17,18,19);1H. The van der Waals surface area contributed by atoms with Crippen molar-refractivity contribution >= 4 is 53.1 Å². The van der Waals surface area contributed by atoms with Crippen molar-refractivity contribution in [2.45, 2.75) is 25.8 Å². The van der Waals surface area contributed by atoms with Crippen molar-refractivity contribution < 1.29 is 9.53 Å². The van der Waals surface area contributed by atoms with Crippen molar-refractivity contribution in [1.82, 2.24) is 5.32 Å². The normalized spacial score (nSPS) is 12.2. The summed E-state index contributed by atoms with van der Waals surface area (Å²) in [5, 5.41) is 6.44. The number of amides is 1. The second kappa shape index (κ2) is 12.4. The third kappa shape index (κ3) is 10.4. The number of carbonyl (C=O) groups excluding carboxylic acids is 1. The smallest absolute Gasteiger partial charge is 0.224 e. The van der Waals surface area contributed by atoms with E-state index in [1.54, 1.807) is 31.4 Å². The molecule has 0 aliphatic heterocycles. The number of carbonyl (C=O) groups is 1. The van der Waals surface area contributed by atoms with Crippen molar-refractivity contribution in [2.24, 2.45) is 10.7 Å². The molecule has 0 fully saturated rings. The van der Waals surface area contributed by atoms with E-state index in [9.17, 15) is 4.79 Å². The number of rotatable bonds is 8. The molecule has 0 saturated heterocycles. The molecule has 6 nitrogen and oxygen atoms in total. The number of methoxy groups -OCH3 is 1. The lowest BCUT2D eigenvalue weighted by atomic mass is 10.2. The zero-order valence-corrected chi connectivity index (χ0v) is 16.4. The fraction of sp³-hybridized carbons (Fsp3) is 0.467. The molecular weight excluding hydrogens is 431 g/mol. The predicted molar refractivity (Wildman–Crippen MR) is 106 cm³/mol. The topological polar surface area (TPSA) is 88.7 Å². The number of nitrogens with one attached hydrogen (secondary N) is 2. The van der Waals surface area contributed by atoms with E-state index < -0.39 is 0 Å². The van der Waals surface area contributed by atoms with Crippen molar-refractivity contribution in [2.75, 3.05) is 25.6 Å². The maximum atomic E-state index is 11.7. The Morgan fingerprint density at radius 1 is 1.39 bits per heavy atom. The largest absolute Gasteiger partial charge is 0.383 e. The van der Waals surface area contributed by atoms with Crippen molar-refractivity contribution in [1.29, 1.82) is 0 Å². The van der Waals surface area contributed by atoms with Crippen molar-refractivity contribution in [3.05, 3.63) is 29.3 Å². The van der Waals surface area contributed by atoms with Crippen LogP contribution >= 0.6 is 35.6 Å². The van der Waals surface area contributed by atoms with Gasteiger partial charge in [0.1, 0.15) is 0 Å². The average Bonchev–Trinajstić information content (AvgIpc) is 2.46. The maximum absolute atomic E-state index is 11.7. The number of nitrogens with two attached hydrogens (primary N) is 1. The number of halogens is 2. The Balaban J connectivity index is 0.00000484. The molecule has 0 aliphatic rings. The molecule has 0 heterocycles. The predicted octanol–water partition coefficient (Wildman–Crippen LogP) is 2.62. The summed E-state index contributed by atoms with van der Waals surface area (Å²) >= 11 is 5.78. The van der Waals surface area contributed by atoms with Gasteiger partial charge in [0, 0.05) is 36.8 Å². The quantitative estimate of drug-likeness (QED) is 0.244. The minimum atomic E-state index is -0.0585. The molecule has 0 spiro atoms. The number of guanidine groups is 1. The van der Waals surface area contributed by atoms with Gasteiger partial charge in [-0.2, -0.15) is 0 Å². The number of ether oxygens (including phenoxy) is 1. The summed E-state index contributed by atoms with van der Waals surface area (Å²) in [6.45, 7) is 3.00. The van der Waals surface area contributed by atoms with E-state index in [1.165, 1.54) is 0 Å². The van der Waals surface area contributed by atoms with E-state index in [0.29, 0.717) is 37.0 Å². The molecule has 1 rings (SSSR count). The molecule has 0 aliphatic carbocycles. The number of nitrogens with zero attached hydrogens (tertiary/aromatic N) is 1. The molecule has 1 aromatic carbocycles. The first-order valence-corrected chi connectivity index (χ1v) is 7.50. The molecule has 1 atom stereocenters. The van der Waals surface area contributed by atoms with Gasteiger partial charge >= 0.3 is 0 Å². The van der Waals surface area contributed by atoms with Gasteiger partial charge in [0.25, 0.3) is 0 Å². The first-order valence-electron chi connectivity index (χ1n) is 7.12. The highest BCUT2D eigenvalue weighted by atomic mass is 127. The van der Waals surface area contributed by atoms with Gasteiger partial charge in [-0.25, -0.2) is 0 Å². The zero-order chi connectivity index (χ0) is 16.4. The SMILES string of the molecule is COCC(C)NC(N)=NCCCC(=O)Nc1ccc(Cl)cc1.I. The summed E-state index contributed by atoms with van der Waals surface area (Å²) in [7, 11) is 1.63. The lowest BCUT2D eigenvalue weighted by Gasteiger charge is -2.12. The minimum absolute atomic E-state index is 0. The molecule has 0 bridgehead atoms. The fourth-order valence-corrected chi connectivity index (χ4v) is 1.91. The molecule has 23 heavy (non-hydrogen) atoms. The van der Waals surface area contributed by atoms with Crippen LogP contribution in [0.1, 0.15) is 19.8 Å². The van der Waals surface area contributed by atoms with Crippen molar-refractivity contribution in [3.63, 3.8) is 0 Å². The Bertz CT molecular complexity index is 497. The lowest BCUT2D eigenvalue weighted by Crippen LogP contribution is -2.40. The number of aliphatic imine (C=N–C) groups is 1. The van der Waals surface area contributed by atoms with E-state index in [0.717, 1.165) is 5.69 Å². The monoisotopic (exact) mass is 454 g/mol. The molecule has 8 heteroatoms. The zero-order valence-electron chi connectivity index (χ0n) is 13.3. The van der Waals surface area contributed by atoms with Gasteiger partial charge in [0.2, 0.25) is 5.91 Å². The van der Waals surface area contributed by atoms with Crippen LogP contribution in [0, 0.1) is 0 Å². The highest BCUT2D eigenvalue weighted by molar-refractivity contribution is 14.0. The molecular formula is C15H24ClIN4O2. The summed E-state index contributed by atoms with van der Waals surface area (Å²) < 4.78 is 4.99. The van der Waals surface area contributed by atoms with E-state index in [-0.39, 0.29) is 35.9 Å². The van der Waals surface area contributed by atoms with Gasteiger partial charge in [-0.3, -0.25) is 9.79 Å². The van der Waals surface area contributed by atoms with E-state index in [4.69, 9.17) is 22.1 Å². The lowest BCUT2D eigenvalue weighted by molar-refractivity contribution is -0.116. The third-order valence-corrected chi connectivity index (χ3v) is 3.04. The van der Waals surface area contributed by atoms with Crippen LogP contribution in [0.25, 0.3) is 0 Å². The molecule has 1 unspecified atom stereocenters. The Morgan fingerprint density at radius 2 is 2.04 bits per heavy atom. The summed E-state index contributed by atoms with van der Waals surface area (Å²) in [5.41, 5.74) is 6.46. The van der Waals surface area contributed by atoms with Crippen LogP contribution in [-0.2, 0) is 9.53 Å². The number of anilines is 1. The number of benzene rings is 1. The van der Waals surface area contributed by atoms with Crippen LogP contribution in [-0.4, -0.2) is 38.2 Å². The second-order valence-electron chi connectivity index (χ2n) is 4.93. The van der Waals surface area contributed by atoms with Gasteiger partial charge < -0.3 is 21.1 Å².